The lowest BCUT2D eigenvalue weighted by Crippen LogP contribution is -2.17. The summed E-state index contributed by atoms with van der Waals surface area (Å²) in [5.41, 5.74) is 1.28. The molecule has 0 amide bonds. The van der Waals surface area contributed by atoms with Gasteiger partial charge in [-0.05, 0) is 60.5 Å². The standard InChI is InChI=1S/C13H14FNS/c14-11-3-4-13-12(7-11)10(9-16-13)8-15-5-1-2-6-15/h3-4,7,9H,1-2,5-6,8H2. The molecule has 3 rings (SSSR count). The Morgan fingerprint density at radius 3 is 2.88 bits per heavy atom. The van der Waals surface area contributed by atoms with Crippen LogP contribution in [-0.2, 0) is 6.54 Å². The summed E-state index contributed by atoms with van der Waals surface area (Å²) < 4.78 is 14.4. The van der Waals surface area contributed by atoms with Gasteiger partial charge in [-0.25, -0.2) is 4.39 Å². The Kier molecular flexibility index (Phi) is 2.65. The van der Waals surface area contributed by atoms with Crippen molar-refractivity contribution < 1.29 is 4.39 Å². The van der Waals surface area contributed by atoms with Crippen molar-refractivity contribution in [3.8, 4) is 0 Å². The first-order valence-corrected chi connectivity index (χ1v) is 6.59. The maximum absolute atomic E-state index is 13.2. The molecular weight excluding hydrogens is 221 g/mol. The first-order chi connectivity index (χ1) is 7.83. The Morgan fingerprint density at radius 2 is 2.06 bits per heavy atom. The van der Waals surface area contributed by atoms with E-state index in [4.69, 9.17) is 0 Å². The minimum Gasteiger partial charge on any atom is -0.299 e. The third kappa shape index (κ3) is 1.85. The molecular formula is C13H14FNS. The van der Waals surface area contributed by atoms with E-state index in [1.54, 1.807) is 23.5 Å². The van der Waals surface area contributed by atoms with Crippen molar-refractivity contribution in [3.63, 3.8) is 0 Å². The highest BCUT2D eigenvalue weighted by molar-refractivity contribution is 7.17. The first-order valence-electron chi connectivity index (χ1n) is 5.71. The van der Waals surface area contributed by atoms with Gasteiger partial charge in [0.1, 0.15) is 5.82 Å². The van der Waals surface area contributed by atoms with Gasteiger partial charge in [0.25, 0.3) is 0 Å². The Labute approximate surface area is 98.5 Å². The number of hydrogen-bond donors (Lipinski definition) is 0. The Morgan fingerprint density at radius 1 is 1.25 bits per heavy atom. The maximum atomic E-state index is 13.2. The SMILES string of the molecule is Fc1ccc2scc(CN3CCCC3)c2c1. The maximum Gasteiger partial charge on any atom is 0.123 e. The summed E-state index contributed by atoms with van der Waals surface area (Å²) in [5, 5.41) is 3.26. The Bertz CT molecular complexity index is 500. The molecule has 3 heteroatoms. The molecule has 1 nitrogen and oxygen atoms in total. The monoisotopic (exact) mass is 235 g/mol. The number of benzene rings is 1. The summed E-state index contributed by atoms with van der Waals surface area (Å²) in [7, 11) is 0. The van der Waals surface area contributed by atoms with E-state index >= 15 is 0 Å². The summed E-state index contributed by atoms with van der Waals surface area (Å²) in [6.45, 7) is 3.35. The van der Waals surface area contributed by atoms with Gasteiger partial charge >= 0.3 is 0 Å². The highest BCUT2D eigenvalue weighted by Crippen LogP contribution is 2.28. The normalized spacial score (nSPS) is 17.3. The number of rotatable bonds is 2. The summed E-state index contributed by atoms with van der Waals surface area (Å²) in [4.78, 5) is 2.45. The fourth-order valence-corrected chi connectivity index (χ4v) is 3.29. The molecule has 16 heavy (non-hydrogen) atoms. The Hall–Kier alpha value is -0.930. The van der Waals surface area contributed by atoms with Gasteiger partial charge in [0.15, 0.2) is 0 Å². The van der Waals surface area contributed by atoms with Crippen molar-refractivity contribution in [1.82, 2.24) is 4.90 Å². The molecule has 0 bridgehead atoms. The minimum atomic E-state index is -0.131. The zero-order chi connectivity index (χ0) is 11.0. The van der Waals surface area contributed by atoms with E-state index in [-0.39, 0.29) is 5.82 Å². The summed E-state index contributed by atoms with van der Waals surface area (Å²) in [6.07, 6.45) is 2.60. The molecule has 1 saturated heterocycles. The first kappa shape index (κ1) is 10.2. The molecule has 84 valence electrons. The van der Waals surface area contributed by atoms with E-state index in [0.717, 1.165) is 11.9 Å². The van der Waals surface area contributed by atoms with Crippen LogP contribution in [0, 0.1) is 5.82 Å². The van der Waals surface area contributed by atoms with Crippen LogP contribution in [0.15, 0.2) is 23.6 Å². The average molecular weight is 235 g/mol. The Balaban J connectivity index is 1.93. The highest BCUT2D eigenvalue weighted by atomic mass is 32.1. The third-order valence-corrected chi connectivity index (χ3v) is 4.22. The number of likely N-dealkylation sites (tertiary alicyclic amines) is 1. The number of thiophene rings is 1. The molecule has 1 aliphatic rings. The quantitative estimate of drug-likeness (QED) is 0.768. The van der Waals surface area contributed by atoms with Gasteiger partial charge in [0, 0.05) is 11.2 Å². The van der Waals surface area contributed by atoms with Crippen LogP contribution >= 0.6 is 11.3 Å². The van der Waals surface area contributed by atoms with E-state index in [2.05, 4.69) is 10.3 Å². The van der Waals surface area contributed by atoms with Crippen LogP contribution in [0.1, 0.15) is 18.4 Å². The van der Waals surface area contributed by atoms with Crippen molar-refractivity contribution in [2.24, 2.45) is 0 Å². The van der Waals surface area contributed by atoms with Gasteiger partial charge in [-0.1, -0.05) is 0 Å². The van der Waals surface area contributed by atoms with Crippen LogP contribution in [-0.4, -0.2) is 18.0 Å². The fraction of sp³-hybridized carbons (Fsp3) is 0.385. The lowest BCUT2D eigenvalue weighted by Gasteiger charge is -2.13. The van der Waals surface area contributed by atoms with E-state index in [1.807, 2.05) is 6.07 Å². The van der Waals surface area contributed by atoms with E-state index in [0.29, 0.717) is 0 Å². The fourth-order valence-electron chi connectivity index (χ4n) is 2.36. The molecule has 1 aromatic heterocycles. The van der Waals surface area contributed by atoms with Crippen molar-refractivity contribution in [3.05, 3.63) is 35.0 Å². The predicted molar refractivity (Wildman–Crippen MR) is 66.3 cm³/mol. The van der Waals surface area contributed by atoms with Gasteiger partial charge in [-0.15, -0.1) is 11.3 Å². The van der Waals surface area contributed by atoms with Crippen LogP contribution < -0.4 is 0 Å². The molecule has 0 atom stereocenters. The summed E-state index contributed by atoms with van der Waals surface area (Å²) >= 11 is 1.71. The molecule has 1 aromatic carbocycles. The number of fused-ring (bicyclic) bond motifs is 1. The largest absolute Gasteiger partial charge is 0.299 e. The molecule has 0 aliphatic carbocycles. The van der Waals surface area contributed by atoms with Crippen LogP contribution in [0.4, 0.5) is 4.39 Å². The van der Waals surface area contributed by atoms with Crippen LogP contribution in [0.2, 0.25) is 0 Å². The highest BCUT2D eigenvalue weighted by Gasteiger charge is 2.14. The minimum absolute atomic E-state index is 0.131. The number of hydrogen-bond acceptors (Lipinski definition) is 2. The molecule has 0 radical (unpaired) electrons. The van der Waals surface area contributed by atoms with E-state index < -0.39 is 0 Å². The molecule has 0 saturated carbocycles. The molecule has 0 spiro atoms. The van der Waals surface area contributed by atoms with Crippen molar-refractivity contribution in [2.75, 3.05) is 13.1 Å². The topological polar surface area (TPSA) is 3.24 Å². The zero-order valence-electron chi connectivity index (χ0n) is 9.08. The summed E-state index contributed by atoms with van der Waals surface area (Å²) in [5.74, 6) is -0.131. The smallest absolute Gasteiger partial charge is 0.123 e. The molecule has 1 fully saturated rings. The lowest BCUT2D eigenvalue weighted by molar-refractivity contribution is 0.333. The van der Waals surface area contributed by atoms with Gasteiger partial charge in [0.05, 0.1) is 0 Å². The molecule has 2 aromatic rings. The van der Waals surface area contributed by atoms with Gasteiger partial charge in [0.2, 0.25) is 0 Å². The molecule has 0 N–H and O–H groups in total. The van der Waals surface area contributed by atoms with E-state index in [1.165, 1.54) is 36.2 Å². The van der Waals surface area contributed by atoms with Gasteiger partial charge < -0.3 is 0 Å². The van der Waals surface area contributed by atoms with Crippen LogP contribution in [0.5, 0.6) is 0 Å². The lowest BCUT2D eigenvalue weighted by atomic mass is 10.1. The van der Waals surface area contributed by atoms with Crippen LogP contribution in [0.3, 0.4) is 0 Å². The second-order valence-corrected chi connectivity index (χ2v) is 5.30. The molecule has 0 unspecified atom stereocenters. The summed E-state index contributed by atoms with van der Waals surface area (Å²) in [6, 6.07) is 5.08. The average Bonchev–Trinajstić information content (AvgIpc) is 2.90. The van der Waals surface area contributed by atoms with Crippen molar-refractivity contribution in [2.45, 2.75) is 19.4 Å². The zero-order valence-corrected chi connectivity index (χ0v) is 9.89. The van der Waals surface area contributed by atoms with Crippen molar-refractivity contribution in [1.29, 1.82) is 0 Å². The molecule has 2 heterocycles. The van der Waals surface area contributed by atoms with Gasteiger partial charge in [-0.2, -0.15) is 0 Å². The van der Waals surface area contributed by atoms with Gasteiger partial charge in [-0.3, -0.25) is 4.90 Å². The third-order valence-electron chi connectivity index (χ3n) is 3.21. The van der Waals surface area contributed by atoms with E-state index in [9.17, 15) is 4.39 Å². The molecule has 1 aliphatic heterocycles. The second kappa shape index (κ2) is 4.15. The van der Waals surface area contributed by atoms with Crippen LogP contribution in [0.25, 0.3) is 10.1 Å². The number of halogens is 1. The number of nitrogens with zero attached hydrogens (tertiary/aromatic N) is 1. The predicted octanol–water partition coefficient (Wildman–Crippen LogP) is 3.64. The van der Waals surface area contributed by atoms with Crippen molar-refractivity contribution >= 4 is 21.4 Å². The second-order valence-electron chi connectivity index (χ2n) is 4.38.